The topological polar surface area (TPSA) is 87.7 Å². The average Bonchev–Trinajstić information content (AvgIpc) is 3.38. The monoisotopic (exact) mass is 434 g/mol. The van der Waals surface area contributed by atoms with Crippen LogP contribution in [0.1, 0.15) is 43.4 Å². The van der Waals surface area contributed by atoms with E-state index in [1.165, 1.54) is 12.1 Å². The molecule has 1 fully saturated rings. The van der Waals surface area contributed by atoms with Crippen molar-refractivity contribution in [2.75, 3.05) is 5.32 Å². The van der Waals surface area contributed by atoms with Gasteiger partial charge in [-0.15, -0.1) is 0 Å². The Hall–Kier alpha value is -3.45. The summed E-state index contributed by atoms with van der Waals surface area (Å²) >= 11 is 0. The zero-order chi connectivity index (χ0) is 22.7. The maximum atomic E-state index is 13.6. The molecule has 2 aliphatic heterocycles. The summed E-state index contributed by atoms with van der Waals surface area (Å²) in [5, 5.41) is 15.1. The molecular weight excluding hydrogens is 411 g/mol. The standard InChI is InChI=1S/C25H23FN2O4/c1-24(2)18(15-5-3-14(4-6-15)13-27-25(9-10-25)23(30)31)12-20(32-24)21-17-8-7-16(26)11-19(17)28-22(21)29/h3-8,11-12,27H,9-10,13H2,1-2H3,(H,28,29)(H,30,31)/b21-20+. The van der Waals surface area contributed by atoms with Gasteiger partial charge in [0.15, 0.2) is 0 Å². The molecule has 0 atom stereocenters. The molecule has 3 aliphatic rings. The first-order valence-electron chi connectivity index (χ1n) is 10.5. The van der Waals surface area contributed by atoms with Crippen molar-refractivity contribution in [2.24, 2.45) is 0 Å². The largest absolute Gasteiger partial charge is 0.482 e. The van der Waals surface area contributed by atoms with E-state index in [1.54, 1.807) is 6.07 Å². The number of halogens is 1. The number of anilines is 1. The number of benzene rings is 2. The summed E-state index contributed by atoms with van der Waals surface area (Å²) in [5.74, 6) is -1.08. The highest BCUT2D eigenvalue weighted by molar-refractivity contribution is 6.32. The normalized spacial score (nSPS) is 22.1. The summed E-state index contributed by atoms with van der Waals surface area (Å²) in [7, 11) is 0. The number of carbonyl (C=O) groups excluding carboxylic acids is 1. The fourth-order valence-corrected chi connectivity index (χ4v) is 4.27. The molecule has 164 valence electrons. The van der Waals surface area contributed by atoms with E-state index in [0.717, 1.165) is 16.7 Å². The van der Waals surface area contributed by atoms with E-state index in [-0.39, 0.29) is 5.91 Å². The number of hydrogen-bond donors (Lipinski definition) is 3. The summed E-state index contributed by atoms with van der Waals surface area (Å²) in [5.41, 5.74) is 2.88. The number of hydrogen-bond acceptors (Lipinski definition) is 4. The minimum atomic E-state index is -0.801. The maximum Gasteiger partial charge on any atom is 0.323 e. The lowest BCUT2D eigenvalue weighted by Gasteiger charge is -2.23. The van der Waals surface area contributed by atoms with Crippen molar-refractivity contribution in [3.05, 3.63) is 76.8 Å². The van der Waals surface area contributed by atoms with Gasteiger partial charge in [0.05, 0.1) is 11.3 Å². The lowest BCUT2D eigenvalue weighted by molar-refractivity contribution is -0.140. The summed E-state index contributed by atoms with van der Waals surface area (Å²) < 4.78 is 19.7. The zero-order valence-corrected chi connectivity index (χ0v) is 17.8. The van der Waals surface area contributed by atoms with E-state index >= 15 is 0 Å². The van der Waals surface area contributed by atoms with Crippen LogP contribution in [0.25, 0.3) is 11.1 Å². The van der Waals surface area contributed by atoms with Crippen molar-refractivity contribution in [1.82, 2.24) is 5.32 Å². The number of ether oxygens (including phenoxy) is 1. The molecule has 1 saturated carbocycles. The molecule has 1 amide bonds. The Balaban J connectivity index is 1.43. The van der Waals surface area contributed by atoms with Crippen LogP contribution >= 0.6 is 0 Å². The van der Waals surface area contributed by atoms with E-state index in [4.69, 9.17) is 4.74 Å². The molecule has 7 heteroatoms. The van der Waals surface area contributed by atoms with Crippen LogP contribution in [0.5, 0.6) is 0 Å². The second-order valence-electron chi connectivity index (χ2n) is 8.99. The van der Waals surface area contributed by atoms with Gasteiger partial charge < -0.3 is 15.2 Å². The Bertz CT molecular complexity index is 1210. The van der Waals surface area contributed by atoms with Gasteiger partial charge >= 0.3 is 5.97 Å². The minimum absolute atomic E-state index is 0.317. The van der Waals surface area contributed by atoms with Crippen molar-refractivity contribution in [3.8, 4) is 0 Å². The summed E-state index contributed by atoms with van der Waals surface area (Å²) in [6.07, 6.45) is 3.17. The quantitative estimate of drug-likeness (QED) is 0.617. The van der Waals surface area contributed by atoms with Gasteiger partial charge in [0, 0.05) is 17.7 Å². The van der Waals surface area contributed by atoms with Gasteiger partial charge in [0.1, 0.15) is 22.7 Å². The minimum Gasteiger partial charge on any atom is -0.482 e. The Morgan fingerprint density at radius 2 is 1.91 bits per heavy atom. The number of amides is 1. The lowest BCUT2D eigenvalue weighted by Crippen LogP contribution is -2.38. The van der Waals surface area contributed by atoms with Gasteiger partial charge in [-0.3, -0.25) is 14.9 Å². The molecule has 0 saturated heterocycles. The first-order valence-corrected chi connectivity index (χ1v) is 10.5. The van der Waals surface area contributed by atoms with Gasteiger partial charge in [0.2, 0.25) is 0 Å². The SMILES string of the molecule is CC1(C)O/C(=C2/C(=O)Nc3cc(F)ccc32)C=C1c1ccc(CNC2(C(=O)O)CC2)cc1. The third-order valence-corrected chi connectivity index (χ3v) is 6.32. The smallest absolute Gasteiger partial charge is 0.323 e. The van der Waals surface area contributed by atoms with Crippen LogP contribution in [0.4, 0.5) is 10.1 Å². The van der Waals surface area contributed by atoms with Gasteiger partial charge in [-0.2, -0.15) is 0 Å². The van der Waals surface area contributed by atoms with Gasteiger partial charge in [-0.1, -0.05) is 24.3 Å². The highest BCUT2D eigenvalue weighted by Crippen LogP contribution is 2.44. The van der Waals surface area contributed by atoms with Crippen LogP contribution < -0.4 is 10.6 Å². The molecule has 2 heterocycles. The Morgan fingerprint density at radius 1 is 1.19 bits per heavy atom. The summed E-state index contributed by atoms with van der Waals surface area (Å²) in [6, 6.07) is 12.1. The number of rotatable bonds is 5. The second kappa shape index (κ2) is 7.03. The maximum absolute atomic E-state index is 13.6. The number of carboxylic acids is 1. The van der Waals surface area contributed by atoms with Crippen molar-refractivity contribution in [2.45, 2.75) is 44.4 Å². The van der Waals surface area contributed by atoms with Crippen LogP contribution in [0, 0.1) is 5.82 Å². The molecular formula is C25H23FN2O4. The van der Waals surface area contributed by atoms with E-state index in [2.05, 4.69) is 10.6 Å². The van der Waals surface area contributed by atoms with Gasteiger partial charge in [-0.05, 0) is 62.1 Å². The van der Waals surface area contributed by atoms with Crippen molar-refractivity contribution in [3.63, 3.8) is 0 Å². The van der Waals surface area contributed by atoms with Crippen molar-refractivity contribution >= 4 is 28.7 Å². The molecule has 0 aromatic heterocycles. The zero-order valence-electron chi connectivity index (χ0n) is 17.8. The highest BCUT2D eigenvalue weighted by atomic mass is 19.1. The number of carbonyl (C=O) groups is 2. The number of carboxylic acid groups (broad SMARTS) is 1. The average molecular weight is 434 g/mol. The third-order valence-electron chi connectivity index (χ3n) is 6.32. The number of nitrogens with one attached hydrogen (secondary N) is 2. The molecule has 0 unspecified atom stereocenters. The number of allylic oxidation sites excluding steroid dienone is 1. The van der Waals surface area contributed by atoms with Crippen molar-refractivity contribution in [1.29, 1.82) is 0 Å². The molecule has 0 radical (unpaired) electrons. The first-order chi connectivity index (χ1) is 15.2. The number of fused-ring (bicyclic) bond motifs is 1. The second-order valence-corrected chi connectivity index (χ2v) is 8.99. The number of aliphatic carboxylic acids is 1. The molecule has 2 aromatic carbocycles. The highest BCUT2D eigenvalue weighted by Gasteiger charge is 2.49. The van der Waals surface area contributed by atoms with Gasteiger partial charge in [0.25, 0.3) is 5.91 Å². The summed E-state index contributed by atoms with van der Waals surface area (Å²) in [6.45, 7) is 4.35. The molecule has 2 aromatic rings. The van der Waals surface area contributed by atoms with E-state index in [9.17, 15) is 19.1 Å². The van der Waals surface area contributed by atoms with Crippen LogP contribution in [0.2, 0.25) is 0 Å². The van der Waals surface area contributed by atoms with Crippen LogP contribution in [0.15, 0.2) is 54.3 Å². The summed E-state index contributed by atoms with van der Waals surface area (Å²) in [4.78, 5) is 23.9. The first kappa shape index (κ1) is 20.5. The molecule has 3 N–H and O–H groups in total. The molecule has 1 aliphatic carbocycles. The van der Waals surface area contributed by atoms with Crippen LogP contribution in [-0.2, 0) is 20.9 Å². The fourth-order valence-electron chi connectivity index (χ4n) is 4.27. The predicted octanol–water partition coefficient (Wildman–Crippen LogP) is 4.09. The van der Waals surface area contributed by atoms with E-state index < -0.39 is 22.9 Å². The molecule has 0 bridgehead atoms. The Kier molecular flexibility index (Phi) is 4.49. The molecule has 6 nitrogen and oxygen atoms in total. The molecule has 5 rings (SSSR count). The van der Waals surface area contributed by atoms with E-state index in [1.807, 2.05) is 44.2 Å². The lowest BCUT2D eigenvalue weighted by atomic mass is 9.91. The fraction of sp³-hybridized carbons (Fsp3) is 0.280. The predicted molar refractivity (Wildman–Crippen MR) is 118 cm³/mol. The van der Waals surface area contributed by atoms with Crippen LogP contribution in [-0.4, -0.2) is 28.1 Å². The Morgan fingerprint density at radius 3 is 2.56 bits per heavy atom. The van der Waals surface area contributed by atoms with Gasteiger partial charge in [-0.25, -0.2) is 4.39 Å². The van der Waals surface area contributed by atoms with E-state index in [0.29, 0.717) is 42.0 Å². The van der Waals surface area contributed by atoms with Crippen LogP contribution in [0.3, 0.4) is 0 Å². The Labute approximate surface area is 184 Å². The third kappa shape index (κ3) is 3.39. The van der Waals surface area contributed by atoms with Crippen molar-refractivity contribution < 1.29 is 23.8 Å². The molecule has 0 spiro atoms. The molecule has 32 heavy (non-hydrogen) atoms.